The highest BCUT2D eigenvalue weighted by Gasteiger charge is 2.33. The molecule has 1 saturated heterocycles. The normalized spacial score (nSPS) is 22.9. The number of benzene rings is 1. The largest absolute Gasteiger partial charge is 0.760 e. The summed E-state index contributed by atoms with van der Waals surface area (Å²) >= 11 is -2.17. The van der Waals surface area contributed by atoms with Gasteiger partial charge in [0.15, 0.2) is 0 Å². The fourth-order valence-corrected chi connectivity index (χ4v) is 2.52. The van der Waals surface area contributed by atoms with Crippen molar-refractivity contribution in [2.45, 2.75) is 18.4 Å². The molecule has 0 aliphatic carbocycles. The lowest BCUT2D eigenvalue weighted by molar-refractivity contribution is -0.00989. The van der Waals surface area contributed by atoms with Crippen molar-refractivity contribution in [1.82, 2.24) is 4.31 Å². The van der Waals surface area contributed by atoms with Crippen LogP contribution in [0.5, 0.6) is 0 Å². The summed E-state index contributed by atoms with van der Waals surface area (Å²) in [6, 6.07) is 9.42. The van der Waals surface area contributed by atoms with E-state index in [1.165, 1.54) is 4.31 Å². The van der Waals surface area contributed by atoms with Crippen molar-refractivity contribution in [2.24, 2.45) is 0 Å². The average Bonchev–Trinajstić information content (AvgIpc) is 2.31. The number of piperidine rings is 1. The number of rotatable bonds is 2. The Kier molecular flexibility index (Phi) is 3.39. The second-order valence-corrected chi connectivity index (χ2v) is 4.99. The molecule has 0 amide bonds. The van der Waals surface area contributed by atoms with Crippen molar-refractivity contribution in [3.05, 3.63) is 35.9 Å². The molecule has 16 heavy (non-hydrogen) atoms. The molecule has 0 aromatic heterocycles. The highest BCUT2D eigenvalue weighted by Crippen LogP contribution is 2.32. The molecule has 4 nitrogen and oxygen atoms in total. The lowest BCUT2D eigenvalue weighted by atomic mass is 9.85. The van der Waals surface area contributed by atoms with Crippen LogP contribution in [0, 0.1) is 0 Å². The Hall–Kier alpha value is -0.750. The summed E-state index contributed by atoms with van der Waals surface area (Å²) in [5.41, 5.74) is -0.0109. The van der Waals surface area contributed by atoms with Crippen molar-refractivity contribution >= 4 is 11.3 Å². The maximum Gasteiger partial charge on any atom is 0.0921 e. The zero-order valence-electron chi connectivity index (χ0n) is 8.83. The summed E-state index contributed by atoms with van der Waals surface area (Å²) in [5, 5.41) is 10.4. The van der Waals surface area contributed by atoms with Crippen LogP contribution in [-0.2, 0) is 16.9 Å². The fourth-order valence-electron chi connectivity index (χ4n) is 2.04. The molecule has 1 aliphatic heterocycles. The van der Waals surface area contributed by atoms with Crippen molar-refractivity contribution in [3.63, 3.8) is 0 Å². The summed E-state index contributed by atoms with van der Waals surface area (Å²) in [7, 11) is 0. The molecule has 1 N–H and O–H groups in total. The van der Waals surface area contributed by atoms with E-state index in [4.69, 9.17) is 0 Å². The van der Waals surface area contributed by atoms with Crippen LogP contribution >= 0.6 is 0 Å². The van der Waals surface area contributed by atoms with E-state index < -0.39 is 16.9 Å². The lowest BCUT2D eigenvalue weighted by Crippen LogP contribution is -2.43. The first kappa shape index (κ1) is 11.7. The van der Waals surface area contributed by atoms with Gasteiger partial charge in [-0.05, 0) is 18.4 Å². The van der Waals surface area contributed by atoms with Crippen molar-refractivity contribution in [3.8, 4) is 0 Å². The molecular formula is C11H14NO3S-. The van der Waals surface area contributed by atoms with Gasteiger partial charge >= 0.3 is 0 Å². The second-order valence-electron chi connectivity index (χ2n) is 4.04. The molecule has 1 fully saturated rings. The van der Waals surface area contributed by atoms with Gasteiger partial charge in [0.05, 0.1) is 5.60 Å². The van der Waals surface area contributed by atoms with Crippen LogP contribution in [0.1, 0.15) is 18.4 Å². The van der Waals surface area contributed by atoms with Gasteiger partial charge in [0, 0.05) is 24.4 Å². The zero-order valence-corrected chi connectivity index (χ0v) is 9.65. The monoisotopic (exact) mass is 240 g/mol. The summed E-state index contributed by atoms with van der Waals surface area (Å²) in [6.45, 7) is 0.753. The number of aliphatic hydroxyl groups is 1. The van der Waals surface area contributed by atoms with Gasteiger partial charge in [-0.3, -0.25) is 4.21 Å². The minimum atomic E-state index is -2.17. The third-order valence-electron chi connectivity index (χ3n) is 3.07. The van der Waals surface area contributed by atoms with Gasteiger partial charge in [0.2, 0.25) is 0 Å². The first-order valence-electron chi connectivity index (χ1n) is 5.24. The second kappa shape index (κ2) is 4.63. The molecule has 2 rings (SSSR count). The average molecular weight is 240 g/mol. The van der Waals surface area contributed by atoms with Crippen LogP contribution in [0.25, 0.3) is 0 Å². The lowest BCUT2D eigenvalue weighted by Gasteiger charge is -2.38. The van der Waals surface area contributed by atoms with Crippen LogP contribution in [0.4, 0.5) is 0 Å². The van der Waals surface area contributed by atoms with Gasteiger partial charge in [-0.15, -0.1) is 0 Å². The third kappa shape index (κ3) is 2.32. The van der Waals surface area contributed by atoms with E-state index in [-0.39, 0.29) is 0 Å². The summed E-state index contributed by atoms with van der Waals surface area (Å²) in [5.74, 6) is 0. The molecule has 1 atom stereocenters. The van der Waals surface area contributed by atoms with Gasteiger partial charge in [0.25, 0.3) is 0 Å². The topological polar surface area (TPSA) is 63.6 Å². The number of hydrogen-bond donors (Lipinski definition) is 1. The van der Waals surface area contributed by atoms with E-state index in [9.17, 15) is 13.9 Å². The Morgan fingerprint density at radius 3 is 2.31 bits per heavy atom. The molecule has 1 aromatic rings. The Labute approximate surface area is 97.3 Å². The Balaban J connectivity index is 2.10. The van der Waals surface area contributed by atoms with Gasteiger partial charge in [-0.25, -0.2) is 4.31 Å². The van der Waals surface area contributed by atoms with Crippen molar-refractivity contribution < 1.29 is 13.9 Å². The molecule has 0 spiro atoms. The SMILES string of the molecule is O=S([O-])N1CCC(O)(c2ccccc2)CC1. The Morgan fingerprint density at radius 2 is 1.81 bits per heavy atom. The summed E-state index contributed by atoms with van der Waals surface area (Å²) < 4.78 is 22.8. The first-order chi connectivity index (χ1) is 7.62. The Bertz CT molecular complexity index is 374. The van der Waals surface area contributed by atoms with E-state index in [0.29, 0.717) is 25.9 Å². The number of hydrogen-bond acceptors (Lipinski definition) is 3. The van der Waals surface area contributed by atoms with Gasteiger partial charge in [0.1, 0.15) is 0 Å². The highest BCUT2D eigenvalue weighted by molar-refractivity contribution is 7.76. The zero-order chi connectivity index (χ0) is 11.6. The molecule has 0 bridgehead atoms. The molecule has 88 valence electrons. The highest BCUT2D eigenvalue weighted by atomic mass is 32.2. The van der Waals surface area contributed by atoms with Gasteiger partial charge in [-0.1, -0.05) is 30.3 Å². The molecular weight excluding hydrogens is 226 g/mol. The number of nitrogens with zero attached hydrogens (tertiary/aromatic N) is 1. The molecule has 0 saturated carbocycles. The van der Waals surface area contributed by atoms with Crippen LogP contribution < -0.4 is 0 Å². The Morgan fingerprint density at radius 1 is 1.25 bits per heavy atom. The summed E-state index contributed by atoms with van der Waals surface area (Å²) in [6.07, 6.45) is 0.899. The van der Waals surface area contributed by atoms with Crippen LogP contribution in [0.15, 0.2) is 30.3 Å². The first-order valence-corrected chi connectivity index (χ1v) is 6.27. The van der Waals surface area contributed by atoms with Crippen LogP contribution in [-0.4, -0.2) is 31.3 Å². The van der Waals surface area contributed by atoms with E-state index in [1.54, 1.807) is 0 Å². The van der Waals surface area contributed by atoms with E-state index in [0.717, 1.165) is 5.56 Å². The van der Waals surface area contributed by atoms with E-state index >= 15 is 0 Å². The molecule has 0 radical (unpaired) electrons. The predicted molar refractivity (Wildman–Crippen MR) is 60.1 cm³/mol. The fraction of sp³-hybridized carbons (Fsp3) is 0.455. The smallest absolute Gasteiger partial charge is 0.0921 e. The summed E-state index contributed by atoms with van der Waals surface area (Å²) in [4.78, 5) is 0. The minimum absolute atomic E-state index is 0.376. The molecule has 1 aliphatic rings. The maximum absolute atomic E-state index is 10.7. The minimum Gasteiger partial charge on any atom is -0.760 e. The predicted octanol–water partition coefficient (Wildman–Crippen LogP) is 0.764. The van der Waals surface area contributed by atoms with Crippen molar-refractivity contribution in [2.75, 3.05) is 13.1 Å². The third-order valence-corrected chi connectivity index (χ3v) is 3.86. The maximum atomic E-state index is 10.7. The standard InChI is InChI=1S/C11H15NO3S/c13-11(10-4-2-1-3-5-10)6-8-12(9-7-11)16(14)15/h1-5,13H,6-9H2,(H,14,15)/p-1. The quantitative estimate of drug-likeness (QED) is 0.776. The van der Waals surface area contributed by atoms with Crippen LogP contribution in [0.2, 0.25) is 0 Å². The molecule has 1 heterocycles. The van der Waals surface area contributed by atoms with E-state index in [2.05, 4.69) is 0 Å². The molecule has 1 unspecified atom stereocenters. The van der Waals surface area contributed by atoms with Crippen molar-refractivity contribution in [1.29, 1.82) is 0 Å². The van der Waals surface area contributed by atoms with Gasteiger partial charge < -0.3 is 9.66 Å². The van der Waals surface area contributed by atoms with Gasteiger partial charge in [-0.2, -0.15) is 0 Å². The van der Waals surface area contributed by atoms with Crippen LogP contribution in [0.3, 0.4) is 0 Å². The molecule has 1 aromatic carbocycles. The van der Waals surface area contributed by atoms with E-state index in [1.807, 2.05) is 30.3 Å². The molecule has 5 heteroatoms.